The van der Waals surface area contributed by atoms with Crippen molar-refractivity contribution in [1.82, 2.24) is 20.3 Å². The molecule has 1 aromatic carbocycles. The van der Waals surface area contributed by atoms with Gasteiger partial charge in [-0.05, 0) is 49.1 Å². The van der Waals surface area contributed by atoms with Crippen LogP contribution in [0.25, 0.3) is 11.0 Å². The maximum atomic E-state index is 12.6. The molecule has 1 aliphatic heterocycles. The zero-order valence-electron chi connectivity index (χ0n) is 14.9. The Balaban J connectivity index is 1.42. The van der Waals surface area contributed by atoms with Crippen molar-refractivity contribution in [2.75, 3.05) is 18.0 Å². The van der Waals surface area contributed by atoms with Gasteiger partial charge in [-0.25, -0.2) is 4.98 Å². The Morgan fingerprint density at radius 1 is 1.38 bits per heavy atom. The number of amides is 1. The molecule has 134 valence electrons. The number of rotatable bonds is 4. The van der Waals surface area contributed by atoms with Crippen LogP contribution < -0.4 is 10.2 Å². The highest BCUT2D eigenvalue weighted by atomic mass is 16.1. The van der Waals surface area contributed by atoms with Crippen molar-refractivity contribution in [3.8, 4) is 0 Å². The van der Waals surface area contributed by atoms with Gasteiger partial charge < -0.3 is 15.2 Å². The summed E-state index contributed by atoms with van der Waals surface area (Å²) in [6.07, 6.45) is 5.42. The summed E-state index contributed by atoms with van der Waals surface area (Å²) in [6.45, 7) is 4.21. The minimum atomic E-state index is -0.0182. The van der Waals surface area contributed by atoms with Gasteiger partial charge >= 0.3 is 0 Å². The van der Waals surface area contributed by atoms with Gasteiger partial charge in [0.15, 0.2) is 0 Å². The normalized spacial score (nSPS) is 17.4. The standard InChI is InChI=1S/C20H23N5O/c1-14-6-7-17-18(10-14)24-20(23-17)25-9-3-5-16(13-25)19(26)22-12-15-4-2-8-21-11-15/h2,4,6-8,10-11,16H,3,5,9,12-13H2,1H3,(H,22,26)(H,23,24)/t16-/m0/s1. The number of carbonyl (C=O) groups excluding carboxylic acids is 1. The number of anilines is 1. The second-order valence-electron chi connectivity index (χ2n) is 6.95. The largest absolute Gasteiger partial charge is 0.352 e. The number of benzene rings is 1. The first-order valence-electron chi connectivity index (χ1n) is 9.07. The van der Waals surface area contributed by atoms with Crippen LogP contribution in [0, 0.1) is 12.8 Å². The Hall–Kier alpha value is -2.89. The van der Waals surface area contributed by atoms with E-state index in [4.69, 9.17) is 4.98 Å². The lowest BCUT2D eigenvalue weighted by molar-refractivity contribution is -0.125. The van der Waals surface area contributed by atoms with Gasteiger partial charge in [0.1, 0.15) is 0 Å². The van der Waals surface area contributed by atoms with Gasteiger partial charge in [0.2, 0.25) is 11.9 Å². The van der Waals surface area contributed by atoms with Crippen molar-refractivity contribution in [2.24, 2.45) is 5.92 Å². The first-order valence-corrected chi connectivity index (χ1v) is 9.07. The van der Waals surface area contributed by atoms with E-state index in [1.54, 1.807) is 12.4 Å². The van der Waals surface area contributed by atoms with E-state index in [2.05, 4.69) is 39.2 Å². The predicted octanol–water partition coefficient (Wildman–Crippen LogP) is 2.80. The molecule has 0 bridgehead atoms. The number of pyridine rings is 1. The second-order valence-corrected chi connectivity index (χ2v) is 6.95. The third kappa shape index (κ3) is 3.54. The Morgan fingerprint density at radius 2 is 2.31 bits per heavy atom. The van der Waals surface area contributed by atoms with Crippen molar-refractivity contribution in [3.05, 3.63) is 53.9 Å². The van der Waals surface area contributed by atoms with Crippen LogP contribution in [0.4, 0.5) is 5.95 Å². The van der Waals surface area contributed by atoms with E-state index in [-0.39, 0.29) is 11.8 Å². The smallest absolute Gasteiger partial charge is 0.225 e. The fourth-order valence-corrected chi connectivity index (χ4v) is 3.48. The lowest BCUT2D eigenvalue weighted by atomic mass is 9.97. The molecule has 0 unspecified atom stereocenters. The molecule has 0 spiro atoms. The van der Waals surface area contributed by atoms with E-state index < -0.39 is 0 Å². The van der Waals surface area contributed by atoms with Crippen molar-refractivity contribution in [3.63, 3.8) is 0 Å². The highest BCUT2D eigenvalue weighted by Gasteiger charge is 2.27. The summed E-state index contributed by atoms with van der Waals surface area (Å²) in [5.41, 5.74) is 4.23. The molecule has 1 atom stereocenters. The number of carbonyl (C=O) groups is 1. The maximum absolute atomic E-state index is 12.6. The number of nitrogens with one attached hydrogen (secondary N) is 2. The van der Waals surface area contributed by atoms with Crippen LogP contribution in [-0.4, -0.2) is 33.9 Å². The highest BCUT2D eigenvalue weighted by Crippen LogP contribution is 2.24. The number of fused-ring (bicyclic) bond motifs is 1. The Bertz CT molecular complexity index is 905. The van der Waals surface area contributed by atoms with Crippen molar-refractivity contribution < 1.29 is 4.79 Å². The van der Waals surface area contributed by atoms with Crippen molar-refractivity contribution in [2.45, 2.75) is 26.3 Å². The summed E-state index contributed by atoms with van der Waals surface area (Å²) in [4.78, 5) is 26.9. The van der Waals surface area contributed by atoms with Gasteiger partial charge in [-0.3, -0.25) is 9.78 Å². The summed E-state index contributed by atoms with van der Waals surface area (Å²) < 4.78 is 0. The predicted molar refractivity (Wildman–Crippen MR) is 102 cm³/mol. The molecule has 1 fully saturated rings. The number of hydrogen-bond donors (Lipinski definition) is 2. The zero-order valence-corrected chi connectivity index (χ0v) is 14.9. The molecule has 3 aromatic rings. The molecule has 6 nitrogen and oxygen atoms in total. The van der Waals surface area contributed by atoms with Crippen LogP contribution in [-0.2, 0) is 11.3 Å². The minimum absolute atomic E-state index is 0.0182. The van der Waals surface area contributed by atoms with Crippen LogP contribution in [0.2, 0.25) is 0 Å². The topological polar surface area (TPSA) is 73.9 Å². The molecule has 2 aromatic heterocycles. The molecule has 0 radical (unpaired) electrons. The van der Waals surface area contributed by atoms with E-state index >= 15 is 0 Å². The second kappa shape index (κ2) is 7.15. The van der Waals surface area contributed by atoms with E-state index in [1.807, 2.05) is 18.2 Å². The number of aromatic amines is 1. The average Bonchev–Trinajstić information content (AvgIpc) is 3.10. The lowest BCUT2D eigenvalue weighted by Crippen LogP contribution is -2.43. The Kier molecular flexibility index (Phi) is 4.56. The molecule has 0 aliphatic carbocycles. The average molecular weight is 349 g/mol. The number of nitrogens with zero attached hydrogens (tertiary/aromatic N) is 3. The molecule has 1 saturated heterocycles. The van der Waals surface area contributed by atoms with Crippen LogP contribution in [0.1, 0.15) is 24.0 Å². The first-order chi connectivity index (χ1) is 12.7. The van der Waals surface area contributed by atoms with Crippen LogP contribution in [0.15, 0.2) is 42.7 Å². The zero-order chi connectivity index (χ0) is 17.9. The van der Waals surface area contributed by atoms with Gasteiger partial charge in [-0.15, -0.1) is 0 Å². The molecule has 1 amide bonds. The number of H-pyrrole nitrogens is 1. The molecule has 1 aliphatic rings. The molecule has 0 saturated carbocycles. The highest BCUT2D eigenvalue weighted by molar-refractivity contribution is 5.80. The molecular formula is C20H23N5O. The third-order valence-electron chi connectivity index (χ3n) is 4.91. The number of aryl methyl sites for hydroxylation is 1. The van der Waals surface area contributed by atoms with Gasteiger partial charge in [-0.1, -0.05) is 12.1 Å². The van der Waals surface area contributed by atoms with Crippen molar-refractivity contribution in [1.29, 1.82) is 0 Å². The minimum Gasteiger partial charge on any atom is -0.352 e. The fraction of sp³-hybridized carbons (Fsp3) is 0.350. The van der Waals surface area contributed by atoms with E-state index in [0.717, 1.165) is 41.9 Å². The van der Waals surface area contributed by atoms with Crippen LogP contribution >= 0.6 is 0 Å². The SMILES string of the molecule is Cc1ccc2nc(N3CCC[C@H](C(=O)NCc4cccnc4)C3)[nH]c2c1. The molecular weight excluding hydrogens is 326 g/mol. The molecule has 6 heteroatoms. The maximum Gasteiger partial charge on any atom is 0.225 e. The van der Waals surface area contributed by atoms with Gasteiger partial charge in [0.25, 0.3) is 0 Å². The molecule has 4 rings (SSSR count). The quantitative estimate of drug-likeness (QED) is 0.760. The molecule has 2 N–H and O–H groups in total. The Morgan fingerprint density at radius 3 is 3.15 bits per heavy atom. The van der Waals surface area contributed by atoms with E-state index in [9.17, 15) is 4.79 Å². The van der Waals surface area contributed by atoms with Gasteiger partial charge in [0, 0.05) is 32.0 Å². The summed E-state index contributed by atoms with van der Waals surface area (Å²) in [5, 5.41) is 3.04. The van der Waals surface area contributed by atoms with E-state index in [1.165, 1.54) is 5.56 Å². The summed E-state index contributed by atoms with van der Waals surface area (Å²) >= 11 is 0. The number of piperidine rings is 1. The van der Waals surface area contributed by atoms with Crippen LogP contribution in [0.5, 0.6) is 0 Å². The number of aromatic nitrogens is 3. The third-order valence-corrected chi connectivity index (χ3v) is 4.91. The monoisotopic (exact) mass is 349 g/mol. The van der Waals surface area contributed by atoms with E-state index in [0.29, 0.717) is 13.1 Å². The summed E-state index contributed by atoms with van der Waals surface area (Å²) in [5.74, 6) is 0.941. The Labute approximate surface area is 152 Å². The first kappa shape index (κ1) is 16.6. The molecule has 3 heterocycles. The van der Waals surface area contributed by atoms with Crippen molar-refractivity contribution >= 4 is 22.9 Å². The van der Waals surface area contributed by atoms with Crippen LogP contribution in [0.3, 0.4) is 0 Å². The number of imidazole rings is 1. The molecule has 26 heavy (non-hydrogen) atoms. The summed E-state index contributed by atoms with van der Waals surface area (Å²) in [6, 6.07) is 10.1. The van der Waals surface area contributed by atoms with Gasteiger partial charge in [-0.2, -0.15) is 0 Å². The van der Waals surface area contributed by atoms with Gasteiger partial charge in [0.05, 0.1) is 17.0 Å². The number of hydrogen-bond acceptors (Lipinski definition) is 4. The summed E-state index contributed by atoms with van der Waals surface area (Å²) in [7, 11) is 0. The fourth-order valence-electron chi connectivity index (χ4n) is 3.48. The lowest BCUT2D eigenvalue weighted by Gasteiger charge is -2.31.